The van der Waals surface area contributed by atoms with E-state index in [1.165, 1.54) is 25.7 Å². The number of carbonyl (C=O) groups excluding carboxylic acids is 2. The number of nitrogens with one attached hydrogen (secondary N) is 2. The maximum absolute atomic E-state index is 11.0. The van der Waals surface area contributed by atoms with Crippen molar-refractivity contribution in [3.63, 3.8) is 0 Å². The van der Waals surface area contributed by atoms with Crippen molar-refractivity contribution in [3.05, 3.63) is 0 Å². The van der Waals surface area contributed by atoms with Crippen LogP contribution in [0.3, 0.4) is 0 Å². The van der Waals surface area contributed by atoms with E-state index in [2.05, 4.69) is 17.6 Å². The first-order valence-electron chi connectivity index (χ1n) is 5.84. The van der Waals surface area contributed by atoms with Gasteiger partial charge in [0.05, 0.1) is 0 Å². The minimum absolute atomic E-state index is 0.190. The molecule has 0 saturated carbocycles. The molecule has 0 heterocycles. The number of amides is 3. The van der Waals surface area contributed by atoms with Crippen LogP contribution in [-0.2, 0) is 4.79 Å². The molecule has 94 valence electrons. The summed E-state index contributed by atoms with van der Waals surface area (Å²) in [6.07, 6.45) is 7.04. The quantitative estimate of drug-likeness (QED) is 0.512. The molecule has 4 nitrogen and oxygen atoms in total. The summed E-state index contributed by atoms with van der Waals surface area (Å²) < 4.78 is 0. The summed E-state index contributed by atoms with van der Waals surface area (Å²) in [7, 11) is 0. The molecule has 5 heteroatoms. The minimum Gasteiger partial charge on any atom is -0.338 e. The van der Waals surface area contributed by atoms with Crippen molar-refractivity contribution in [1.82, 2.24) is 10.6 Å². The molecule has 0 saturated heterocycles. The summed E-state index contributed by atoms with van der Waals surface area (Å²) in [4.78, 5) is 21.8. The van der Waals surface area contributed by atoms with Crippen molar-refractivity contribution in [2.24, 2.45) is 0 Å². The molecular weight excluding hydrogens is 228 g/mol. The lowest BCUT2D eigenvalue weighted by atomic mass is 10.1. The zero-order valence-electron chi connectivity index (χ0n) is 9.85. The molecule has 0 aromatic carbocycles. The zero-order valence-corrected chi connectivity index (χ0v) is 10.6. The number of rotatable bonds is 8. The van der Waals surface area contributed by atoms with Crippen LogP contribution in [0.1, 0.15) is 45.4 Å². The third kappa shape index (κ3) is 9.77. The van der Waals surface area contributed by atoms with Gasteiger partial charge in [-0.2, -0.15) is 0 Å². The fourth-order valence-corrected chi connectivity index (χ4v) is 1.38. The molecule has 0 aliphatic heterocycles. The zero-order chi connectivity index (χ0) is 12.2. The van der Waals surface area contributed by atoms with E-state index < -0.39 is 11.9 Å². The highest BCUT2D eigenvalue weighted by molar-refractivity contribution is 6.28. The number of imide groups is 1. The number of halogens is 1. The Bertz CT molecular complexity index is 210. The van der Waals surface area contributed by atoms with Crippen LogP contribution in [0.4, 0.5) is 4.79 Å². The van der Waals surface area contributed by atoms with Crippen LogP contribution in [0.2, 0.25) is 0 Å². The van der Waals surface area contributed by atoms with E-state index in [-0.39, 0.29) is 5.88 Å². The molecule has 3 amide bonds. The second-order valence-corrected chi connectivity index (χ2v) is 3.97. The van der Waals surface area contributed by atoms with Crippen LogP contribution in [0, 0.1) is 0 Å². The van der Waals surface area contributed by atoms with Gasteiger partial charge in [-0.25, -0.2) is 4.79 Å². The summed E-state index contributed by atoms with van der Waals surface area (Å²) in [6, 6.07) is -0.459. The van der Waals surface area contributed by atoms with E-state index >= 15 is 0 Å². The molecule has 0 aliphatic rings. The number of carbonyl (C=O) groups is 2. The van der Waals surface area contributed by atoms with Crippen molar-refractivity contribution >= 4 is 23.5 Å². The lowest BCUT2D eigenvalue weighted by Crippen LogP contribution is -2.40. The normalized spacial score (nSPS) is 9.88. The predicted octanol–water partition coefficient (Wildman–Crippen LogP) is 2.41. The van der Waals surface area contributed by atoms with Gasteiger partial charge >= 0.3 is 6.03 Å². The van der Waals surface area contributed by atoms with Crippen molar-refractivity contribution in [3.8, 4) is 0 Å². The van der Waals surface area contributed by atoms with Crippen LogP contribution in [0.5, 0.6) is 0 Å². The summed E-state index contributed by atoms with van der Waals surface area (Å²) in [5, 5.41) is 4.73. The van der Waals surface area contributed by atoms with Gasteiger partial charge in [0.1, 0.15) is 5.88 Å². The SMILES string of the molecule is CCCCCCCCNC(=O)NC(=O)CCl. The molecule has 0 unspecified atom stereocenters. The van der Waals surface area contributed by atoms with Crippen molar-refractivity contribution in [2.75, 3.05) is 12.4 Å². The Balaban J connectivity index is 3.24. The van der Waals surface area contributed by atoms with E-state index in [1.807, 2.05) is 0 Å². The van der Waals surface area contributed by atoms with Crippen LogP contribution < -0.4 is 10.6 Å². The summed E-state index contributed by atoms with van der Waals surface area (Å²) in [6.45, 7) is 2.79. The number of urea groups is 1. The Kier molecular flexibility index (Phi) is 10.2. The Morgan fingerprint density at radius 1 is 1.06 bits per heavy atom. The Morgan fingerprint density at radius 3 is 2.31 bits per heavy atom. The summed E-state index contributed by atoms with van der Waals surface area (Å²) >= 11 is 5.24. The van der Waals surface area contributed by atoms with E-state index in [9.17, 15) is 9.59 Å². The van der Waals surface area contributed by atoms with E-state index in [1.54, 1.807) is 0 Å². The van der Waals surface area contributed by atoms with Crippen LogP contribution in [0.25, 0.3) is 0 Å². The monoisotopic (exact) mass is 248 g/mol. The van der Waals surface area contributed by atoms with Crippen molar-refractivity contribution in [1.29, 1.82) is 0 Å². The van der Waals surface area contributed by atoms with Crippen molar-refractivity contribution < 1.29 is 9.59 Å². The molecule has 0 aliphatic carbocycles. The summed E-state index contributed by atoms with van der Waals surface area (Å²) in [5.41, 5.74) is 0. The standard InChI is InChI=1S/C11H21ClN2O2/c1-2-3-4-5-6-7-8-13-11(16)14-10(15)9-12/h2-9H2,1H3,(H2,13,14,15,16). The predicted molar refractivity (Wildman–Crippen MR) is 65.6 cm³/mol. The average molecular weight is 249 g/mol. The summed E-state index contributed by atoms with van der Waals surface area (Å²) in [5.74, 6) is -0.660. The molecule has 2 N–H and O–H groups in total. The maximum atomic E-state index is 11.0. The van der Waals surface area contributed by atoms with Gasteiger partial charge in [0.2, 0.25) is 5.91 Å². The van der Waals surface area contributed by atoms with Gasteiger partial charge in [-0.15, -0.1) is 11.6 Å². The molecule has 0 aromatic rings. The van der Waals surface area contributed by atoms with E-state index in [0.29, 0.717) is 6.54 Å². The van der Waals surface area contributed by atoms with Gasteiger partial charge in [-0.1, -0.05) is 39.0 Å². The minimum atomic E-state index is -0.470. The molecule has 0 atom stereocenters. The molecular formula is C11H21ClN2O2. The van der Waals surface area contributed by atoms with Crippen LogP contribution in [-0.4, -0.2) is 24.4 Å². The molecule has 0 bridgehead atoms. The van der Waals surface area contributed by atoms with Crippen molar-refractivity contribution in [2.45, 2.75) is 45.4 Å². The van der Waals surface area contributed by atoms with Gasteiger partial charge in [0, 0.05) is 6.54 Å². The largest absolute Gasteiger partial charge is 0.338 e. The molecule has 0 rings (SSSR count). The smallest absolute Gasteiger partial charge is 0.321 e. The highest BCUT2D eigenvalue weighted by atomic mass is 35.5. The first-order chi connectivity index (χ1) is 7.70. The Hall–Kier alpha value is -0.770. The molecule has 0 aromatic heterocycles. The average Bonchev–Trinajstić information content (AvgIpc) is 2.27. The van der Waals surface area contributed by atoms with Gasteiger partial charge in [0.15, 0.2) is 0 Å². The topological polar surface area (TPSA) is 58.2 Å². The number of hydrogen-bond acceptors (Lipinski definition) is 2. The number of alkyl halides is 1. The fraction of sp³-hybridized carbons (Fsp3) is 0.818. The van der Waals surface area contributed by atoms with Crippen LogP contribution in [0.15, 0.2) is 0 Å². The Labute approximate surface area is 102 Å². The van der Waals surface area contributed by atoms with Gasteiger partial charge in [-0.3, -0.25) is 10.1 Å². The first-order valence-corrected chi connectivity index (χ1v) is 6.37. The second-order valence-electron chi connectivity index (χ2n) is 3.71. The van der Waals surface area contributed by atoms with Gasteiger partial charge in [-0.05, 0) is 6.42 Å². The Morgan fingerprint density at radius 2 is 1.69 bits per heavy atom. The number of unbranched alkanes of at least 4 members (excludes halogenated alkanes) is 5. The molecule has 0 spiro atoms. The molecule has 16 heavy (non-hydrogen) atoms. The third-order valence-corrected chi connectivity index (χ3v) is 2.43. The third-order valence-electron chi connectivity index (χ3n) is 2.19. The number of hydrogen-bond donors (Lipinski definition) is 2. The van der Waals surface area contributed by atoms with E-state index in [4.69, 9.17) is 11.6 Å². The second kappa shape index (κ2) is 10.7. The lowest BCUT2D eigenvalue weighted by molar-refractivity contribution is -0.117. The highest BCUT2D eigenvalue weighted by Gasteiger charge is 2.04. The first kappa shape index (κ1) is 15.2. The van der Waals surface area contributed by atoms with Crippen LogP contribution >= 0.6 is 11.6 Å². The fourth-order valence-electron chi connectivity index (χ4n) is 1.31. The molecule has 0 fully saturated rings. The lowest BCUT2D eigenvalue weighted by Gasteiger charge is -2.05. The van der Waals surface area contributed by atoms with E-state index in [0.717, 1.165) is 12.8 Å². The molecule has 0 radical (unpaired) electrons. The maximum Gasteiger partial charge on any atom is 0.321 e. The van der Waals surface area contributed by atoms with Gasteiger partial charge < -0.3 is 5.32 Å². The van der Waals surface area contributed by atoms with Gasteiger partial charge in [0.25, 0.3) is 0 Å². The highest BCUT2D eigenvalue weighted by Crippen LogP contribution is 2.03.